The summed E-state index contributed by atoms with van der Waals surface area (Å²) >= 11 is 18.7. The summed E-state index contributed by atoms with van der Waals surface area (Å²) in [6.07, 6.45) is 0. The van der Waals surface area contributed by atoms with Crippen LogP contribution in [0, 0.1) is 0 Å². The van der Waals surface area contributed by atoms with Gasteiger partial charge in [0.05, 0.1) is 26.3 Å². The van der Waals surface area contributed by atoms with Gasteiger partial charge in [0.2, 0.25) is 5.88 Å². The third-order valence-corrected chi connectivity index (χ3v) is 5.46. The molecule has 2 heterocycles. The van der Waals surface area contributed by atoms with Crippen LogP contribution in [0.4, 0.5) is 0 Å². The Bertz CT molecular complexity index is 1090. The van der Waals surface area contributed by atoms with Crippen molar-refractivity contribution in [3.8, 4) is 28.1 Å². The van der Waals surface area contributed by atoms with Gasteiger partial charge in [-0.25, -0.2) is 9.36 Å². The molecule has 8 heteroatoms. The second-order valence-electron chi connectivity index (χ2n) is 6.18. The van der Waals surface area contributed by atoms with Crippen molar-refractivity contribution in [3.05, 3.63) is 61.8 Å². The Kier molecular flexibility index (Phi) is 4.95. The van der Waals surface area contributed by atoms with Gasteiger partial charge in [-0.15, -0.1) is 0 Å². The van der Waals surface area contributed by atoms with E-state index in [9.17, 15) is 9.90 Å². The summed E-state index contributed by atoms with van der Waals surface area (Å²) in [4.78, 5) is 12.9. The van der Waals surface area contributed by atoms with Gasteiger partial charge in [-0.2, -0.15) is 0 Å². The minimum atomic E-state index is -0.306. The van der Waals surface area contributed by atoms with Crippen molar-refractivity contribution in [1.82, 2.24) is 9.36 Å². The molecule has 0 unspecified atom stereocenters. The maximum atomic E-state index is 12.9. The monoisotopic (exact) mass is 424 g/mol. The highest BCUT2D eigenvalue weighted by Gasteiger charge is 2.24. The zero-order valence-corrected chi connectivity index (χ0v) is 16.4. The van der Waals surface area contributed by atoms with Crippen LogP contribution in [0.15, 0.2) is 41.2 Å². The van der Waals surface area contributed by atoms with E-state index in [1.807, 2.05) is 6.07 Å². The lowest BCUT2D eigenvalue weighted by Crippen LogP contribution is -2.23. The van der Waals surface area contributed by atoms with Crippen LogP contribution in [0.3, 0.4) is 0 Å². The highest BCUT2D eigenvalue weighted by Crippen LogP contribution is 2.38. The molecule has 0 atom stereocenters. The average molecular weight is 426 g/mol. The predicted octanol–water partition coefficient (Wildman–Crippen LogP) is 4.68. The lowest BCUT2D eigenvalue weighted by molar-refractivity contribution is 0.137. The Balaban J connectivity index is 1.90. The molecule has 0 radical (unpaired) electrons. The van der Waals surface area contributed by atoms with Gasteiger partial charge in [0, 0.05) is 26.2 Å². The molecule has 0 saturated carbocycles. The van der Waals surface area contributed by atoms with Gasteiger partial charge in [-0.3, -0.25) is 4.79 Å². The average Bonchev–Trinajstić information content (AvgIpc) is 2.81. The Morgan fingerprint density at radius 1 is 0.889 bits per heavy atom. The van der Waals surface area contributed by atoms with Gasteiger partial charge in [-0.05, 0) is 29.8 Å². The lowest BCUT2D eigenvalue weighted by Gasteiger charge is -2.09. The molecule has 1 N–H and O–H groups in total. The standard InChI is InChI=1S/C19H15Cl3N2O3/c20-12-2-3-13(16(22)10-12)11-1-4-15(21)14(9-11)17-18(25)23-5-7-27-8-6-24(23)19(17)26/h1-4,9-10,25H,5-8H2. The first-order valence-electron chi connectivity index (χ1n) is 8.33. The Hall–Kier alpha value is -1.92. The summed E-state index contributed by atoms with van der Waals surface area (Å²) in [6, 6.07) is 10.4. The molecule has 0 spiro atoms. The number of benzene rings is 2. The molecular weight excluding hydrogens is 411 g/mol. The number of halogens is 3. The first-order chi connectivity index (χ1) is 13.0. The zero-order chi connectivity index (χ0) is 19.1. The third kappa shape index (κ3) is 3.25. The predicted molar refractivity (Wildman–Crippen MR) is 107 cm³/mol. The number of aromatic nitrogens is 2. The fourth-order valence-electron chi connectivity index (χ4n) is 3.27. The summed E-state index contributed by atoms with van der Waals surface area (Å²) in [7, 11) is 0. The largest absolute Gasteiger partial charge is 0.493 e. The number of hydrogen-bond donors (Lipinski definition) is 1. The molecule has 0 bridgehead atoms. The van der Waals surface area contributed by atoms with E-state index in [1.54, 1.807) is 30.3 Å². The molecular formula is C19H15Cl3N2O3. The minimum absolute atomic E-state index is 0.119. The molecule has 3 aromatic rings. The fourth-order valence-corrected chi connectivity index (χ4v) is 4.00. The quantitative estimate of drug-likeness (QED) is 0.648. The number of nitrogens with zero attached hydrogens (tertiary/aromatic N) is 2. The molecule has 2 aromatic carbocycles. The van der Waals surface area contributed by atoms with Gasteiger partial charge >= 0.3 is 0 Å². The number of hydrogen-bond acceptors (Lipinski definition) is 3. The van der Waals surface area contributed by atoms with Crippen molar-refractivity contribution in [2.45, 2.75) is 13.1 Å². The Morgan fingerprint density at radius 3 is 2.37 bits per heavy atom. The Labute approximate surface area is 170 Å². The third-order valence-electron chi connectivity index (χ3n) is 4.58. The number of fused-ring (bicyclic) bond motifs is 1. The second kappa shape index (κ2) is 7.24. The van der Waals surface area contributed by atoms with E-state index in [0.717, 1.165) is 11.1 Å². The molecule has 27 heavy (non-hydrogen) atoms. The van der Waals surface area contributed by atoms with Crippen molar-refractivity contribution in [2.75, 3.05) is 13.2 Å². The van der Waals surface area contributed by atoms with E-state index < -0.39 is 0 Å². The van der Waals surface area contributed by atoms with E-state index in [2.05, 4.69) is 0 Å². The molecule has 5 nitrogen and oxygen atoms in total. The first kappa shape index (κ1) is 18.4. The molecule has 0 saturated heterocycles. The van der Waals surface area contributed by atoms with Crippen molar-refractivity contribution in [2.24, 2.45) is 0 Å². The van der Waals surface area contributed by atoms with Gasteiger partial charge < -0.3 is 9.84 Å². The van der Waals surface area contributed by atoms with Gasteiger partial charge in [0.1, 0.15) is 5.56 Å². The fraction of sp³-hybridized carbons (Fsp3) is 0.211. The van der Waals surface area contributed by atoms with E-state index in [4.69, 9.17) is 39.5 Å². The van der Waals surface area contributed by atoms with E-state index >= 15 is 0 Å². The van der Waals surface area contributed by atoms with Crippen LogP contribution >= 0.6 is 34.8 Å². The molecule has 140 valence electrons. The highest BCUT2D eigenvalue weighted by atomic mass is 35.5. The molecule has 1 aliphatic rings. The number of aromatic hydroxyl groups is 1. The van der Waals surface area contributed by atoms with Crippen LogP contribution in [-0.2, 0) is 17.8 Å². The highest BCUT2D eigenvalue weighted by molar-refractivity contribution is 6.36. The molecule has 4 rings (SSSR count). The van der Waals surface area contributed by atoms with E-state index in [0.29, 0.717) is 46.9 Å². The van der Waals surface area contributed by atoms with Gasteiger partial charge in [-0.1, -0.05) is 46.9 Å². The summed E-state index contributed by atoms with van der Waals surface area (Å²) in [5, 5.41) is 12.1. The SMILES string of the molecule is O=c1c(-c2cc(-c3ccc(Cl)cc3Cl)ccc2Cl)c(O)n2n1CCOCC2. The van der Waals surface area contributed by atoms with E-state index in [-0.39, 0.29) is 17.0 Å². The van der Waals surface area contributed by atoms with Crippen LogP contribution < -0.4 is 5.56 Å². The van der Waals surface area contributed by atoms with Crippen LogP contribution in [0.1, 0.15) is 0 Å². The van der Waals surface area contributed by atoms with Gasteiger partial charge in [0.15, 0.2) is 0 Å². The van der Waals surface area contributed by atoms with Crippen molar-refractivity contribution < 1.29 is 9.84 Å². The summed E-state index contributed by atoms with van der Waals surface area (Å²) in [5.74, 6) is -0.119. The normalized spacial score (nSPS) is 14.0. The van der Waals surface area contributed by atoms with E-state index in [1.165, 1.54) is 9.36 Å². The van der Waals surface area contributed by atoms with Gasteiger partial charge in [0.25, 0.3) is 5.56 Å². The number of rotatable bonds is 2. The van der Waals surface area contributed by atoms with Crippen molar-refractivity contribution in [1.29, 1.82) is 0 Å². The van der Waals surface area contributed by atoms with Crippen LogP contribution in [0.2, 0.25) is 15.1 Å². The molecule has 0 amide bonds. The van der Waals surface area contributed by atoms with Crippen molar-refractivity contribution >= 4 is 34.8 Å². The summed E-state index contributed by atoms with van der Waals surface area (Å²) in [6.45, 7) is 1.60. The smallest absolute Gasteiger partial charge is 0.278 e. The summed E-state index contributed by atoms with van der Waals surface area (Å²) < 4.78 is 8.38. The minimum Gasteiger partial charge on any atom is -0.493 e. The van der Waals surface area contributed by atoms with Crippen LogP contribution in [-0.4, -0.2) is 27.7 Å². The molecule has 1 aliphatic heterocycles. The topological polar surface area (TPSA) is 56.4 Å². The summed E-state index contributed by atoms with van der Waals surface area (Å²) in [5.41, 5.74) is 1.85. The maximum Gasteiger partial charge on any atom is 0.278 e. The zero-order valence-electron chi connectivity index (χ0n) is 14.1. The van der Waals surface area contributed by atoms with Crippen LogP contribution in [0.25, 0.3) is 22.3 Å². The van der Waals surface area contributed by atoms with Crippen molar-refractivity contribution in [3.63, 3.8) is 0 Å². The lowest BCUT2D eigenvalue weighted by atomic mass is 10.00. The molecule has 0 aliphatic carbocycles. The maximum absolute atomic E-state index is 12.9. The molecule has 1 aromatic heterocycles. The Morgan fingerprint density at radius 2 is 1.63 bits per heavy atom. The van der Waals surface area contributed by atoms with Crippen LogP contribution in [0.5, 0.6) is 5.88 Å². The second-order valence-corrected chi connectivity index (χ2v) is 7.43. The molecule has 0 fully saturated rings. The number of ether oxygens (including phenoxy) is 1. The first-order valence-corrected chi connectivity index (χ1v) is 9.46.